The first-order chi connectivity index (χ1) is 20.7. The molecule has 13 nitrogen and oxygen atoms in total. The van der Waals surface area contributed by atoms with Crippen molar-refractivity contribution in [3.63, 3.8) is 0 Å². The highest BCUT2D eigenvalue weighted by Gasteiger charge is 2.17. The molecule has 0 bridgehead atoms. The summed E-state index contributed by atoms with van der Waals surface area (Å²) in [6, 6.07) is 15.4. The zero-order valence-electron chi connectivity index (χ0n) is 23.7. The van der Waals surface area contributed by atoms with Gasteiger partial charge in [0.15, 0.2) is 0 Å². The van der Waals surface area contributed by atoms with Crippen molar-refractivity contribution in [1.82, 2.24) is 24.5 Å². The molecular weight excluding hydrogens is 570 g/mol. The Kier molecular flexibility index (Phi) is 9.96. The van der Waals surface area contributed by atoms with Crippen molar-refractivity contribution in [1.29, 1.82) is 0 Å². The van der Waals surface area contributed by atoms with E-state index in [0.717, 1.165) is 28.3 Å². The summed E-state index contributed by atoms with van der Waals surface area (Å²) in [7, 11) is -3.66. The van der Waals surface area contributed by atoms with Gasteiger partial charge in [-0.3, -0.25) is 0 Å². The fourth-order valence-corrected chi connectivity index (χ4v) is 4.93. The van der Waals surface area contributed by atoms with Crippen molar-refractivity contribution in [2.24, 2.45) is 0 Å². The molecule has 0 aliphatic rings. The molecule has 0 saturated carbocycles. The average Bonchev–Trinajstić information content (AvgIpc) is 3.50. The number of hydrogen-bond acceptors (Lipinski definition) is 11. The van der Waals surface area contributed by atoms with Gasteiger partial charge in [0.1, 0.15) is 23.0 Å². The van der Waals surface area contributed by atoms with Crippen LogP contribution in [0.1, 0.15) is 25.0 Å². The van der Waals surface area contributed by atoms with Gasteiger partial charge < -0.3 is 31.2 Å². The molecule has 5 rings (SSSR count). The van der Waals surface area contributed by atoms with Gasteiger partial charge in [0.05, 0.1) is 18.1 Å². The van der Waals surface area contributed by atoms with Crippen molar-refractivity contribution in [3.05, 3.63) is 96.7 Å². The summed E-state index contributed by atoms with van der Waals surface area (Å²) in [5, 5.41) is 0. The van der Waals surface area contributed by atoms with Gasteiger partial charge in [-0.1, -0.05) is 0 Å². The molecule has 0 amide bonds. The van der Waals surface area contributed by atoms with Crippen LogP contribution < -0.4 is 31.4 Å². The van der Waals surface area contributed by atoms with Crippen molar-refractivity contribution >= 4 is 33.4 Å². The van der Waals surface area contributed by atoms with Crippen LogP contribution in [0.4, 0.5) is 23.4 Å². The standard InChI is InChI=1S/C19H23N5O2.C10H10N4O2S/c1-3-25-15-10-13(9-14-12-22-19(21)23-18(14)20)11-16(26-4-2)17(15)24-7-5-6-8-24;11-8-2-4-9(5-3-8)17(15,16)14-10-12-6-1-7-13-10/h5-8,10-12H,3-4,9H2,1-2H3,(H4,20,21,22,23);1-7H,11H2,(H,12,13,14). The summed E-state index contributed by atoms with van der Waals surface area (Å²) < 4.78 is 39.8. The third kappa shape index (κ3) is 8.10. The molecule has 0 spiro atoms. The van der Waals surface area contributed by atoms with E-state index in [1.807, 2.05) is 55.1 Å². The number of nitrogen functional groups attached to an aromatic ring is 3. The van der Waals surface area contributed by atoms with Crippen LogP contribution in [0.15, 0.2) is 90.5 Å². The maximum Gasteiger partial charge on any atom is 0.264 e. The van der Waals surface area contributed by atoms with Gasteiger partial charge in [0, 0.05) is 48.7 Å². The second kappa shape index (κ2) is 14.0. The van der Waals surface area contributed by atoms with Gasteiger partial charge in [-0.15, -0.1) is 0 Å². The van der Waals surface area contributed by atoms with E-state index in [1.54, 1.807) is 12.3 Å². The van der Waals surface area contributed by atoms with Crippen LogP contribution in [0.3, 0.4) is 0 Å². The van der Waals surface area contributed by atoms with Gasteiger partial charge in [-0.25, -0.2) is 28.1 Å². The molecule has 2 aromatic carbocycles. The molecule has 224 valence electrons. The monoisotopic (exact) mass is 603 g/mol. The van der Waals surface area contributed by atoms with Crippen LogP contribution >= 0.6 is 0 Å². The summed E-state index contributed by atoms with van der Waals surface area (Å²) in [4.78, 5) is 15.7. The smallest absolute Gasteiger partial charge is 0.264 e. The van der Waals surface area contributed by atoms with E-state index in [-0.39, 0.29) is 16.8 Å². The zero-order chi connectivity index (χ0) is 30.8. The van der Waals surface area contributed by atoms with E-state index in [4.69, 9.17) is 26.7 Å². The Morgan fingerprint density at radius 1 is 0.860 bits per heavy atom. The third-order valence-corrected chi connectivity index (χ3v) is 7.20. The fraction of sp³-hybridized carbons (Fsp3) is 0.172. The number of anilines is 4. The third-order valence-electron chi connectivity index (χ3n) is 5.86. The number of benzene rings is 2. The molecule has 5 aromatic rings. The predicted molar refractivity (Wildman–Crippen MR) is 165 cm³/mol. The molecule has 0 saturated heterocycles. The maximum absolute atomic E-state index is 11.9. The minimum absolute atomic E-state index is 0.0318. The molecule has 0 aliphatic heterocycles. The van der Waals surface area contributed by atoms with E-state index in [2.05, 4.69) is 24.7 Å². The summed E-state index contributed by atoms with van der Waals surface area (Å²) in [5.41, 5.74) is 20.2. The van der Waals surface area contributed by atoms with Crippen LogP contribution in [-0.2, 0) is 16.4 Å². The Hall–Kier alpha value is -5.37. The zero-order valence-corrected chi connectivity index (χ0v) is 24.5. The topological polar surface area (TPSA) is 199 Å². The largest absolute Gasteiger partial charge is 0.492 e. The Morgan fingerprint density at radius 3 is 2.02 bits per heavy atom. The first-order valence-corrected chi connectivity index (χ1v) is 14.8. The van der Waals surface area contributed by atoms with E-state index in [9.17, 15) is 8.42 Å². The molecule has 3 aromatic heterocycles. The van der Waals surface area contributed by atoms with E-state index in [0.29, 0.717) is 31.1 Å². The van der Waals surface area contributed by atoms with Crippen LogP contribution in [0.2, 0.25) is 0 Å². The van der Waals surface area contributed by atoms with Crippen molar-refractivity contribution in [2.75, 3.05) is 35.1 Å². The second-order valence-electron chi connectivity index (χ2n) is 8.96. The lowest BCUT2D eigenvalue weighted by molar-refractivity contribution is 0.320. The highest BCUT2D eigenvalue weighted by molar-refractivity contribution is 7.92. The molecule has 3 heterocycles. The molecule has 7 N–H and O–H groups in total. The predicted octanol–water partition coefficient (Wildman–Crippen LogP) is 3.68. The van der Waals surface area contributed by atoms with Gasteiger partial charge in [-0.05, 0) is 74.0 Å². The molecule has 43 heavy (non-hydrogen) atoms. The van der Waals surface area contributed by atoms with Crippen molar-refractivity contribution < 1.29 is 17.9 Å². The number of ether oxygens (including phenoxy) is 2. The van der Waals surface area contributed by atoms with Gasteiger partial charge in [-0.2, -0.15) is 4.98 Å². The minimum Gasteiger partial charge on any atom is -0.492 e. The van der Waals surface area contributed by atoms with E-state index in [1.165, 1.54) is 36.7 Å². The lowest BCUT2D eigenvalue weighted by Crippen LogP contribution is -2.14. The van der Waals surface area contributed by atoms with Crippen LogP contribution in [0, 0.1) is 0 Å². The van der Waals surface area contributed by atoms with Crippen molar-refractivity contribution in [3.8, 4) is 17.2 Å². The molecule has 0 atom stereocenters. The molecule has 14 heteroatoms. The first kappa shape index (κ1) is 30.6. The quantitative estimate of drug-likeness (QED) is 0.170. The summed E-state index contributed by atoms with van der Waals surface area (Å²) in [6.45, 7) is 5.02. The van der Waals surface area contributed by atoms with Crippen molar-refractivity contribution in [2.45, 2.75) is 25.2 Å². The summed E-state index contributed by atoms with van der Waals surface area (Å²) >= 11 is 0. The minimum atomic E-state index is -3.66. The first-order valence-electron chi connectivity index (χ1n) is 13.3. The number of nitrogens with zero attached hydrogens (tertiary/aromatic N) is 5. The maximum atomic E-state index is 11.9. The van der Waals surface area contributed by atoms with Crippen LogP contribution in [0.5, 0.6) is 11.5 Å². The van der Waals surface area contributed by atoms with Gasteiger partial charge in [0.25, 0.3) is 10.0 Å². The van der Waals surface area contributed by atoms with Gasteiger partial charge in [0.2, 0.25) is 11.9 Å². The highest BCUT2D eigenvalue weighted by atomic mass is 32.2. The lowest BCUT2D eigenvalue weighted by Gasteiger charge is -2.18. The Bertz CT molecular complexity index is 1710. The Balaban J connectivity index is 0.000000215. The fourth-order valence-electron chi connectivity index (χ4n) is 3.98. The summed E-state index contributed by atoms with van der Waals surface area (Å²) in [5.74, 6) is 2.07. The normalized spacial score (nSPS) is 10.8. The van der Waals surface area contributed by atoms with E-state index >= 15 is 0 Å². The molecule has 0 radical (unpaired) electrons. The number of aromatic nitrogens is 5. The van der Waals surface area contributed by atoms with Gasteiger partial charge >= 0.3 is 0 Å². The SMILES string of the molecule is CCOc1cc(Cc2cnc(N)nc2N)cc(OCC)c1-n1cccc1.Nc1ccc(S(=O)(=O)Nc2ncccn2)cc1. The second-order valence-corrected chi connectivity index (χ2v) is 10.6. The molecular formula is C29H33N9O4S. The number of rotatable bonds is 10. The van der Waals surface area contributed by atoms with Crippen LogP contribution in [-0.4, -0.2) is 46.1 Å². The number of hydrogen-bond donors (Lipinski definition) is 4. The highest BCUT2D eigenvalue weighted by Crippen LogP contribution is 2.36. The number of sulfonamides is 1. The number of nitrogens with two attached hydrogens (primary N) is 3. The average molecular weight is 604 g/mol. The Labute approximate surface area is 249 Å². The number of nitrogens with one attached hydrogen (secondary N) is 1. The van der Waals surface area contributed by atoms with E-state index < -0.39 is 10.0 Å². The molecule has 0 aliphatic carbocycles. The molecule has 0 unspecified atom stereocenters. The summed E-state index contributed by atoms with van der Waals surface area (Å²) in [6.07, 6.45) is 9.04. The van der Waals surface area contributed by atoms with Crippen LogP contribution in [0.25, 0.3) is 5.69 Å². The Morgan fingerprint density at radius 2 is 1.47 bits per heavy atom. The molecule has 0 fully saturated rings. The lowest BCUT2D eigenvalue weighted by atomic mass is 10.0.